The van der Waals surface area contributed by atoms with Crippen molar-refractivity contribution < 1.29 is 9.59 Å². The third-order valence-corrected chi connectivity index (χ3v) is 4.86. The number of H-pyrrole nitrogens is 1. The van der Waals surface area contributed by atoms with Crippen molar-refractivity contribution in [3.05, 3.63) is 59.9 Å². The number of rotatable bonds is 6. The summed E-state index contributed by atoms with van der Waals surface area (Å²) in [6.07, 6.45) is 0.421. The summed E-state index contributed by atoms with van der Waals surface area (Å²) in [4.78, 5) is 33.4. The number of nitrogens with zero attached hydrogens (tertiary/aromatic N) is 2. The number of para-hydroxylation sites is 2. The van der Waals surface area contributed by atoms with Crippen molar-refractivity contribution in [2.24, 2.45) is 5.73 Å². The van der Waals surface area contributed by atoms with Crippen LogP contribution in [0.25, 0.3) is 11.0 Å². The van der Waals surface area contributed by atoms with Crippen LogP contribution in [-0.4, -0.2) is 46.3 Å². The molecule has 0 unspecified atom stereocenters. The number of nitrogens with two attached hydrogens (primary N) is 1. The number of fused-ring (bicyclic) bond motifs is 1. The second-order valence-electron chi connectivity index (χ2n) is 6.84. The van der Waals surface area contributed by atoms with E-state index in [9.17, 15) is 9.59 Å². The minimum Gasteiger partial charge on any atom is -0.366 e. The van der Waals surface area contributed by atoms with Crippen LogP contribution < -0.4 is 11.1 Å². The third-order valence-electron chi connectivity index (χ3n) is 4.86. The van der Waals surface area contributed by atoms with Crippen molar-refractivity contribution >= 4 is 28.5 Å². The summed E-state index contributed by atoms with van der Waals surface area (Å²) in [5.41, 5.74) is 8.34. The average Bonchev–Trinajstić information content (AvgIpc) is 3.04. The lowest BCUT2D eigenvalue weighted by molar-refractivity contribution is -0.116. The molecule has 7 heteroatoms. The molecule has 1 aromatic heterocycles. The summed E-state index contributed by atoms with van der Waals surface area (Å²) < 4.78 is 0. The number of likely N-dealkylation sites (tertiary alicyclic amines) is 1. The van der Waals surface area contributed by atoms with Gasteiger partial charge in [0.2, 0.25) is 11.8 Å². The topological polar surface area (TPSA) is 104 Å². The van der Waals surface area contributed by atoms with Crippen LogP contribution in [0.1, 0.15) is 28.5 Å². The summed E-state index contributed by atoms with van der Waals surface area (Å²) in [5, 5.41) is 2.84. The Bertz CT molecular complexity index is 940. The zero-order chi connectivity index (χ0) is 18.8. The van der Waals surface area contributed by atoms with Crippen molar-refractivity contribution in [2.45, 2.75) is 12.3 Å². The highest BCUT2D eigenvalue weighted by Gasteiger charge is 2.30. The number of hydrogen-bond acceptors (Lipinski definition) is 4. The highest BCUT2D eigenvalue weighted by atomic mass is 16.2. The standard InChI is InChI=1S/C20H21N5O2/c21-19(27)13-5-7-15(8-6-13)22-18(26)9-10-25-11-14(12-25)20-23-16-3-1-2-4-17(16)24-20/h1-8,14H,9-12H2,(H2,21,27)(H,22,26)(H,23,24). The molecule has 4 rings (SSSR count). The van der Waals surface area contributed by atoms with Gasteiger partial charge in [-0.3, -0.25) is 9.59 Å². The molecule has 2 amide bonds. The molecule has 0 radical (unpaired) electrons. The van der Waals surface area contributed by atoms with Crippen LogP contribution in [-0.2, 0) is 4.79 Å². The monoisotopic (exact) mass is 363 g/mol. The first kappa shape index (κ1) is 17.2. The maximum Gasteiger partial charge on any atom is 0.248 e. The van der Waals surface area contributed by atoms with Gasteiger partial charge in [0.15, 0.2) is 0 Å². The molecule has 4 N–H and O–H groups in total. The smallest absolute Gasteiger partial charge is 0.248 e. The quantitative estimate of drug-likeness (QED) is 0.624. The number of benzene rings is 2. The number of primary amides is 1. The number of aromatic nitrogens is 2. The molecule has 1 fully saturated rings. The molecule has 138 valence electrons. The molecule has 0 aliphatic carbocycles. The fraction of sp³-hybridized carbons (Fsp3) is 0.250. The number of amides is 2. The van der Waals surface area contributed by atoms with E-state index < -0.39 is 5.91 Å². The van der Waals surface area contributed by atoms with Crippen LogP contribution in [0.15, 0.2) is 48.5 Å². The van der Waals surface area contributed by atoms with Gasteiger partial charge in [-0.25, -0.2) is 4.98 Å². The Kier molecular flexibility index (Phi) is 4.60. The number of aromatic amines is 1. The summed E-state index contributed by atoms with van der Waals surface area (Å²) in [6.45, 7) is 2.52. The zero-order valence-electron chi connectivity index (χ0n) is 14.8. The van der Waals surface area contributed by atoms with Crippen LogP contribution in [0.4, 0.5) is 5.69 Å². The molecule has 1 saturated heterocycles. The molecular weight excluding hydrogens is 342 g/mol. The molecule has 1 aliphatic rings. The number of anilines is 1. The van der Waals surface area contributed by atoms with E-state index in [1.165, 1.54) is 0 Å². The van der Waals surface area contributed by atoms with Crippen LogP contribution in [0, 0.1) is 0 Å². The van der Waals surface area contributed by atoms with E-state index in [4.69, 9.17) is 5.73 Å². The Morgan fingerprint density at radius 1 is 1.15 bits per heavy atom. The second-order valence-corrected chi connectivity index (χ2v) is 6.84. The summed E-state index contributed by atoms with van der Waals surface area (Å²) in [7, 11) is 0. The maximum absolute atomic E-state index is 12.1. The van der Waals surface area contributed by atoms with E-state index in [1.807, 2.05) is 24.3 Å². The van der Waals surface area contributed by atoms with Gasteiger partial charge in [0, 0.05) is 43.2 Å². The van der Waals surface area contributed by atoms with Crippen LogP contribution in [0.5, 0.6) is 0 Å². The van der Waals surface area contributed by atoms with Crippen LogP contribution in [0.2, 0.25) is 0 Å². The molecule has 3 aromatic rings. The molecule has 1 aliphatic heterocycles. The van der Waals surface area contributed by atoms with Crippen molar-refractivity contribution in [2.75, 3.05) is 25.0 Å². The Hall–Kier alpha value is -3.19. The highest BCUT2D eigenvalue weighted by Crippen LogP contribution is 2.26. The van der Waals surface area contributed by atoms with E-state index >= 15 is 0 Å². The van der Waals surface area contributed by atoms with Gasteiger partial charge in [-0.1, -0.05) is 12.1 Å². The molecule has 27 heavy (non-hydrogen) atoms. The minimum atomic E-state index is -0.482. The van der Waals surface area contributed by atoms with Gasteiger partial charge < -0.3 is 20.9 Å². The van der Waals surface area contributed by atoms with E-state index in [-0.39, 0.29) is 5.91 Å². The predicted molar refractivity (Wildman–Crippen MR) is 103 cm³/mol. The SMILES string of the molecule is NC(=O)c1ccc(NC(=O)CCN2CC(c3nc4ccccc4[nH]3)C2)cc1. The van der Waals surface area contributed by atoms with Gasteiger partial charge in [0.05, 0.1) is 11.0 Å². The molecule has 0 spiro atoms. The van der Waals surface area contributed by atoms with E-state index in [0.29, 0.717) is 30.1 Å². The van der Waals surface area contributed by atoms with Crippen molar-refractivity contribution in [1.29, 1.82) is 0 Å². The number of carbonyl (C=O) groups excluding carboxylic acids is 2. The number of carbonyl (C=O) groups is 2. The molecule has 0 saturated carbocycles. The Morgan fingerprint density at radius 3 is 2.59 bits per heavy atom. The van der Waals surface area contributed by atoms with Crippen LogP contribution >= 0.6 is 0 Å². The average molecular weight is 363 g/mol. The normalized spacial score (nSPS) is 14.8. The molecule has 0 atom stereocenters. The molecule has 7 nitrogen and oxygen atoms in total. The van der Waals surface area contributed by atoms with Gasteiger partial charge in [-0.15, -0.1) is 0 Å². The van der Waals surface area contributed by atoms with E-state index in [0.717, 1.165) is 29.9 Å². The first-order valence-electron chi connectivity index (χ1n) is 8.95. The van der Waals surface area contributed by atoms with Gasteiger partial charge in [-0.05, 0) is 36.4 Å². The van der Waals surface area contributed by atoms with E-state index in [1.54, 1.807) is 24.3 Å². The first-order valence-corrected chi connectivity index (χ1v) is 8.95. The number of hydrogen-bond donors (Lipinski definition) is 3. The number of nitrogens with one attached hydrogen (secondary N) is 2. The fourth-order valence-electron chi connectivity index (χ4n) is 3.29. The second kappa shape index (κ2) is 7.20. The molecular formula is C20H21N5O2. The van der Waals surface area contributed by atoms with Crippen molar-refractivity contribution in [1.82, 2.24) is 14.9 Å². The molecule has 2 aromatic carbocycles. The molecule has 0 bridgehead atoms. The predicted octanol–water partition coefficient (Wildman–Crippen LogP) is 2.09. The summed E-state index contributed by atoms with van der Waals surface area (Å²) in [5.74, 6) is 0.881. The Balaban J connectivity index is 1.23. The van der Waals surface area contributed by atoms with Gasteiger partial charge in [0.1, 0.15) is 5.82 Å². The molecule has 2 heterocycles. The summed E-state index contributed by atoms with van der Waals surface area (Å²) in [6, 6.07) is 14.6. The van der Waals surface area contributed by atoms with Crippen LogP contribution in [0.3, 0.4) is 0 Å². The van der Waals surface area contributed by atoms with Gasteiger partial charge in [0.25, 0.3) is 0 Å². The lowest BCUT2D eigenvalue weighted by atomic mass is 9.99. The minimum absolute atomic E-state index is 0.0472. The largest absolute Gasteiger partial charge is 0.366 e. The summed E-state index contributed by atoms with van der Waals surface area (Å²) >= 11 is 0. The van der Waals surface area contributed by atoms with Crippen molar-refractivity contribution in [3.8, 4) is 0 Å². The Labute approximate surface area is 156 Å². The van der Waals surface area contributed by atoms with Gasteiger partial charge >= 0.3 is 0 Å². The van der Waals surface area contributed by atoms with E-state index in [2.05, 4.69) is 20.2 Å². The lowest BCUT2D eigenvalue weighted by Gasteiger charge is -2.37. The Morgan fingerprint density at radius 2 is 1.89 bits per heavy atom. The number of imidazole rings is 1. The van der Waals surface area contributed by atoms with Crippen molar-refractivity contribution in [3.63, 3.8) is 0 Å². The highest BCUT2D eigenvalue weighted by molar-refractivity contribution is 5.94. The van der Waals surface area contributed by atoms with Gasteiger partial charge in [-0.2, -0.15) is 0 Å². The zero-order valence-corrected chi connectivity index (χ0v) is 14.8. The third kappa shape index (κ3) is 3.83. The fourth-order valence-corrected chi connectivity index (χ4v) is 3.29. The lowest BCUT2D eigenvalue weighted by Crippen LogP contribution is -2.46. The maximum atomic E-state index is 12.1. The first-order chi connectivity index (χ1) is 13.1.